The molecule has 0 saturated heterocycles. The van der Waals surface area contributed by atoms with Crippen LogP contribution < -0.4 is 0 Å². The van der Waals surface area contributed by atoms with Gasteiger partial charge in [-0.05, 0) is 17.5 Å². The average molecular weight is 213 g/mol. The van der Waals surface area contributed by atoms with Crippen molar-refractivity contribution in [2.75, 3.05) is 0 Å². The fourth-order valence-corrected chi connectivity index (χ4v) is 2.16. The molecule has 0 unspecified atom stereocenters. The van der Waals surface area contributed by atoms with Crippen LogP contribution in [-0.4, -0.2) is 9.93 Å². The summed E-state index contributed by atoms with van der Waals surface area (Å²) in [5, 5.41) is 9.60. The fourth-order valence-electron chi connectivity index (χ4n) is 1.53. The first-order valence-electron chi connectivity index (χ1n) is 3.69. The Morgan fingerprint density at radius 3 is 2.82 bits per heavy atom. The number of hydrogen-bond acceptors (Lipinski definition) is 1. The summed E-state index contributed by atoms with van der Waals surface area (Å²) in [6.07, 6.45) is 0.628. The zero-order valence-electron chi connectivity index (χ0n) is 6.00. The van der Waals surface area contributed by atoms with Crippen molar-refractivity contribution in [1.29, 1.82) is 0 Å². The molecule has 1 aromatic carbocycles. The molecule has 1 nitrogen and oxygen atoms in total. The van der Waals surface area contributed by atoms with Crippen LogP contribution in [0.3, 0.4) is 0 Å². The topological polar surface area (TPSA) is 20.2 Å². The minimum absolute atomic E-state index is 0.208. The molecule has 0 fully saturated rings. The predicted octanol–water partition coefficient (Wildman–Crippen LogP) is 2.04. The first-order chi connectivity index (χ1) is 5.29. The summed E-state index contributed by atoms with van der Waals surface area (Å²) < 4.78 is 0. The van der Waals surface area contributed by atoms with Gasteiger partial charge in [0.1, 0.15) is 0 Å². The van der Waals surface area contributed by atoms with Crippen LogP contribution in [0.15, 0.2) is 24.3 Å². The molecule has 58 valence electrons. The Bertz CT molecular complexity index is 272. The van der Waals surface area contributed by atoms with Gasteiger partial charge in [-0.1, -0.05) is 40.2 Å². The molecule has 0 radical (unpaired) electrons. The molecule has 0 aliphatic heterocycles. The van der Waals surface area contributed by atoms with E-state index in [1.54, 1.807) is 0 Å². The molecule has 0 aromatic heterocycles. The zero-order chi connectivity index (χ0) is 7.84. The maximum atomic E-state index is 9.60. The lowest BCUT2D eigenvalue weighted by molar-refractivity contribution is 0.187. The molecule has 0 amide bonds. The first-order valence-corrected chi connectivity index (χ1v) is 4.60. The Labute approximate surface area is 74.2 Å². The first kappa shape index (κ1) is 7.32. The van der Waals surface area contributed by atoms with Crippen LogP contribution in [0.1, 0.15) is 17.2 Å². The molecule has 2 atom stereocenters. The van der Waals surface area contributed by atoms with Crippen LogP contribution in [0.4, 0.5) is 0 Å². The van der Waals surface area contributed by atoms with E-state index in [2.05, 4.69) is 22.0 Å². The molecule has 0 spiro atoms. The number of hydrogen-bond donors (Lipinski definition) is 1. The highest BCUT2D eigenvalue weighted by atomic mass is 79.9. The lowest BCUT2D eigenvalue weighted by Gasteiger charge is -2.05. The van der Waals surface area contributed by atoms with E-state index >= 15 is 0 Å². The molecule has 1 aromatic rings. The van der Waals surface area contributed by atoms with Crippen molar-refractivity contribution in [1.82, 2.24) is 0 Å². The second-order valence-corrected chi connectivity index (χ2v) is 4.04. The Morgan fingerprint density at radius 2 is 2.09 bits per heavy atom. The minimum atomic E-state index is -0.314. The lowest BCUT2D eigenvalue weighted by Crippen LogP contribution is -2.03. The predicted molar refractivity (Wildman–Crippen MR) is 47.8 cm³/mol. The third-order valence-electron chi connectivity index (χ3n) is 2.13. The molecule has 0 heterocycles. The number of rotatable bonds is 0. The van der Waals surface area contributed by atoms with Crippen molar-refractivity contribution in [2.24, 2.45) is 0 Å². The average Bonchev–Trinajstić information content (AvgIpc) is 2.30. The van der Waals surface area contributed by atoms with E-state index in [1.807, 2.05) is 18.2 Å². The van der Waals surface area contributed by atoms with Crippen molar-refractivity contribution in [3.8, 4) is 0 Å². The van der Waals surface area contributed by atoms with E-state index < -0.39 is 0 Å². The molecule has 0 bridgehead atoms. The van der Waals surface area contributed by atoms with Crippen molar-refractivity contribution in [2.45, 2.75) is 17.4 Å². The maximum Gasteiger partial charge on any atom is 0.0920 e. The lowest BCUT2D eigenvalue weighted by atomic mass is 10.1. The van der Waals surface area contributed by atoms with Gasteiger partial charge in [0.2, 0.25) is 0 Å². The highest BCUT2D eigenvalue weighted by Crippen LogP contribution is 2.35. The van der Waals surface area contributed by atoms with Crippen LogP contribution in [0.2, 0.25) is 0 Å². The van der Waals surface area contributed by atoms with E-state index in [0.717, 1.165) is 12.0 Å². The van der Waals surface area contributed by atoms with Crippen LogP contribution in [0, 0.1) is 0 Å². The third kappa shape index (κ3) is 1.10. The summed E-state index contributed by atoms with van der Waals surface area (Å²) in [4.78, 5) is 0.208. The van der Waals surface area contributed by atoms with E-state index in [9.17, 15) is 5.11 Å². The van der Waals surface area contributed by atoms with E-state index in [1.165, 1.54) is 5.56 Å². The van der Waals surface area contributed by atoms with Crippen LogP contribution in [0.25, 0.3) is 0 Å². The second-order valence-electron chi connectivity index (χ2n) is 2.86. The van der Waals surface area contributed by atoms with Gasteiger partial charge < -0.3 is 5.11 Å². The minimum Gasteiger partial charge on any atom is -0.387 e. The Hall–Kier alpha value is -0.340. The molecular weight excluding hydrogens is 204 g/mol. The summed E-state index contributed by atoms with van der Waals surface area (Å²) in [6.45, 7) is 0. The van der Waals surface area contributed by atoms with Gasteiger partial charge in [0, 0.05) is 4.83 Å². The van der Waals surface area contributed by atoms with E-state index in [0.29, 0.717) is 0 Å². The molecule has 11 heavy (non-hydrogen) atoms. The van der Waals surface area contributed by atoms with Gasteiger partial charge in [-0.3, -0.25) is 0 Å². The van der Waals surface area contributed by atoms with Gasteiger partial charge in [-0.15, -0.1) is 0 Å². The number of aliphatic hydroxyl groups excluding tert-OH is 1. The highest BCUT2D eigenvalue weighted by Gasteiger charge is 2.27. The molecule has 1 aliphatic rings. The summed E-state index contributed by atoms with van der Waals surface area (Å²) in [7, 11) is 0. The number of aliphatic hydroxyl groups is 1. The van der Waals surface area contributed by atoms with E-state index in [4.69, 9.17) is 0 Å². The monoisotopic (exact) mass is 212 g/mol. The number of fused-ring (bicyclic) bond motifs is 1. The van der Waals surface area contributed by atoms with Crippen LogP contribution in [0.5, 0.6) is 0 Å². The van der Waals surface area contributed by atoms with Crippen LogP contribution in [-0.2, 0) is 6.42 Å². The number of alkyl halides is 1. The number of halogens is 1. The maximum absolute atomic E-state index is 9.60. The molecule has 2 rings (SSSR count). The molecule has 0 saturated carbocycles. The molecule has 1 aliphatic carbocycles. The van der Waals surface area contributed by atoms with Crippen molar-refractivity contribution < 1.29 is 5.11 Å². The molecular formula is C9H9BrO. The van der Waals surface area contributed by atoms with Crippen molar-refractivity contribution >= 4 is 15.9 Å². The Kier molecular flexibility index (Phi) is 1.74. The summed E-state index contributed by atoms with van der Waals surface area (Å²) in [5.74, 6) is 0. The van der Waals surface area contributed by atoms with Gasteiger partial charge >= 0.3 is 0 Å². The van der Waals surface area contributed by atoms with Crippen molar-refractivity contribution in [3.63, 3.8) is 0 Å². The summed E-state index contributed by atoms with van der Waals surface area (Å²) in [5.41, 5.74) is 2.34. The van der Waals surface area contributed by atoms with Gasteiger partial charge in [0.25, 0.3) is 0 Å². The van der Waals surface area contributed by atoms with Gasteiger partial charge in [-0.2, -0.15) is 0 Å². The van der Waals surface area contributed by atoms with Gasteiger partial charge in [-0.25, -0.2) is 0 Å². The fraction of sp³-hybridized carbons (Fsp3) is 0.333. The summed E-state index contributed by atoms with van der Waals surface area (Å²) in [6, 6.07) is 8.03. The van der Waals surface area contributed by atoms with E-state index in [-0.39, 0.29) is 10.9 Å². The SMILES string of the molecule is O[C@@H]1c2ccccc2C[C@H]1Br. The van der Waals surface area contributed by atoms with Gasteiger partial charge in [0.05, 0.1) is 6.10 Å². The van der Waals surface area contributed by atoms with Crippen LogP contribution >= 0.6 is 15.9 Å². The number of benzene rings is 1. The van der Waals surface area contributed by atoms with Crippen molar-refractivity contribution in [3.05, 3.63) is 35.4 Å². The smallest absolute Gasteiger partial charge is 0.0920 e. The normalized spacial score (nSPS) is 28.5. The zero-order valence-corrected chi connectivity index (χ0v) is 7.58. The molecule has 1 N–H and O–H groups in total. The summed E-state index contributed by atoms with van der Waals surface area (Å²) >= 11 is 3.43. The Balaban J connectivity index is 2.47. The standard InChI is InChI=1S/C9H9BrO/c10-8-5-6-3-1-2-4-7(6)9(8)11/h1-4,8-9,11H,5H2/t8-,9-/m1/s1. The second kappa shape index (κ2) is 2.61. The largest absolute Gasteiger partial charge is 0.387 e. The van der Waals surface area contributed by atoms with Gasteiger partial charge in [0.15, 0.2) is 0 Å². The quantitative estimate of drug-likeness (QED) is 0.654. The highest BCUT2D eigenvalue weighted by molar-refractivity contribution is 9.09. The molecule has 2 heteroatoms. The third-order valence-corrected chi connectivity index (χ3v) is 2.96. The Morgan fingerprint density at radius 1 is 1.36 bits per heavy atom.